The summed E-state index contributed by atoms with van der Waals surface area (Å²) in [5.41, 5.74) is 8.04. The highest BCUT2D eigenvalue weighted by Crippen LogP contribution is 2.33. The third-order valence-corrected chi connectivity index (χ3v) is 3.55. The zero-order chi connectivity index (χ0) is 12.4. The number of nitrogens with two attached hydrogens (primary N) is 1. The Kier molecular flexibility index (Phi) is 3.63. The van der Waals surface area contributed by atoms with E-state index in [0.717, 1.165) is 5.56 Å². The zero-order valence-electron chi connectivity index (χ0n) is 10.6. The molecule has 1 aliphatic carbocycles. The minimum absolute atomic E-state index is 0.0623. The van der Waals surface area contributed by atoms with Crippen LogP contribution < -0.4 is 5.73 Å². The fourth-order valence-corrected chi connectivity index (χ4v) is 2.08. The molecule has 0 spiro atoms. The van der Waals surface area contributed by atoms with E-state index < -0.39 is 0 Å². The van der Waals surface area contributed by atoms with Crippen LogP contribution in [0.1, 0.15) is 54.9 Å². The van der Waals surface area contributed by atoms with Gasteiger partial charge in [-0.1, -0.05) is 38.1 Å². The van der Waals surface area contributed by atoms with Gasteiger partial charge in [-0.05, 0) is 30.2 Å². The number of rotatable bonds is 5. The molecule has 1 fully saturated rings. The molecule has 1 saturated carbocycles. The first-order valence-electron chi connectivity index (χ1n) is 6.46. The Bertz CT molecular complexity index is 390. The number of ketones is 1. The summed E-state index contributed by atoms with van der Waals surface area (Å²) in [4.78, 5) is 12.0. The van der Waals surface area contributed by atoms with E-state index in [1.54, 1.807) is 0 Å². The normalized spacial score (nSPS) is 17.2. The average Bonchev–Trinajstić information content (AvgIpc) is 3.12. The van der Waals surface area contributed by atoms with Gasteiger partial charge in [0.1, 0.15) is 0 Å². The molecule has 1 unspecified atom stereocenters. The smallest absolute Gasteiger partial charge is 0.164 e. The molecule has 2 nitrogen and oxygen atoms in total. The van der Waals surface area contributed by atoms with Crippen molar-refractivity contribution in [3.8, 4) is 0 Å². The summed E-state index contributed by atoms with van der Waals surface area (Å²) >= 11 is 0. The number of Topliss-reactive ketones (excluding diaryl/α,β-unsaturated/α-hetero) is 1. The van der Waals surface area contributed by atoms with Crippen LogP contribution in [0.2, 0.25) is 0 Å². The van der Waals surface area contributed by atoms with Crippen molar-refractivity contribution >= 4 is 5.78 Å². The zero-order valence-corrected chi connectivity index (χ0v) is 10.6. The summed E-state index contributed by atoms with van der Waals surface area (Å²) in [6.07, 6.45) is 2.88. The molecule has 2 heteroatoms. The molecule has 0 bridgehead atoms. The molecule has 0 aromatic heterocycles. The topological polar surface area (TPSA) is 43.1 Å². The molecule has 0 radical (unpaired) electrons. The largest absolute Gasteiger partial charge is 0.327 e. The van der Waals surface area contributed by atoms with Crippen LogP contribution in [0.15, 0.2) is 24.3 Å². The fraction of sp³-hybridized carbons (Fsp3) is 0.533. The maximum absolute atomic E-state index is 12.0. The minimum Gasteiger partial charge on any atom is -0.327 e. The fourth-order valence-electron chi connectivity index (χ4n) is 2.08. The van der Waals surface area contributed by atoms with Crippen LogP contribution in [-0.4, -0.2) is 11.8 Å². The van der Waals surface area contributed by atoms with Gasteiger partial charge in [-0.2, -0.15) is 0 Å². The molecular weight excluding hydrogens is 210 g/mol. The standard InChI is InChI=1S/C15H21NO/c1-10(2)11-3-7-13(8-4-11)15(17)9-14(16)12-5-6-12/h3-4,7-8,10,12,14H,5-6,9,16H2,1-2H3. The van der Waals surface area contributed by atoms with Gasteiger partial charge in [0, 0.05) is 18.0 Å². The Labute approximate surface area is 103 Å². The molecule has 2 N–H and O–H groups in total. The first-order valence-corrected chi connectivity index (χ1v) is 6.46. The lowest BCUT2D eigenvalue weighted by atomic mass is 9.97. The number of carbonyl (C=O) groups excluding carboxylic acids is 1. The highest BCUT2D eigenvalue weighted by atomic mass is 16.1. The third kappa shape index (κ3) is 3.16. The van der Waals surface area contributed by atoms with E-state index >= 15 is 0 Å². The second kappa shape index (κ2) is 5.01. The molecule has 1 aromatic rings. The summed E-state index contributed by atoms with van der Waals surface area (Å²) < 4.78 is 0. The Morgan fingerprint density at radius 1 is 1.29 bits per heavy atom. The maximum Gasteiger partial charge on any atom is 0.164 e. The van der Waals surface area contributed by atoms with E-state index in [4.69, 9.17) is 5.73 Å². The van der Waals surface area contributed by atoms with Gasteiger partial charge in [-0.15, -0.1) is 0 Å². The molecule has 0 saturated heterocycles. The second-order valence-electron chi connectivity index (χ2n) is 5.41. The first-order chi connectivity index (χ1) is 8.08. The lowest BCUT2D eigenvalue weighted by Gasteiger charge is -2.10. The highest BCUT2D eigenvalue weighted by Gasteiger charge is 2.29. The summed E-state index contributed by atoms with van der Waals surface area (Å²) in [6, 6.07) is 8.00. The van der Waals surface area contributed by atoms with Crippen LogP contribution in [0.5, 0.6) is 0 Å². The number of hydrogen-bond donors (Lipinski definition) is 1. The van der Waals surface area contributed by atoms with Crippen LogP contribution >= 0.6 is 0 Å². The molecular formula is C15H21NO. The quantitative estimate of drug-likeness (QED) is 0.791. The molecule has 2 rings (SSSR count). The number of carbonyl (C=O) groups is 1. The molecule has 1 aliphatic rings. The Morgan fingerprint density at radius 3 is 2.35 bits per heavy atom. The van der Waals surface area contributed by atoms with E-state index in [-0.39, 0.29) is 11.8 Å². The van der Waals surface area contributed by atoms with Gasteiger partial charge in [0.25, 0.3) is 0 Å². The van der Waals surface area contributed by atoms with Crippen LogP contribution in [0, 0.1) is 5.92 Å². The van der Waals surface area contributed by atoms with E-state index in [2.05, 4.69) is 13.8 Å². The molecule has 92 valence electrons. The molecule has 0 amide bonds. The van der Waals surface area contributed by atoms with E-state index in [1.165, 1.54) is 18.4 Å². The molecule has 1 atom stereocenters. The van der Waals surface area contributed by atoms with Gasteiger partial charge in [-0.25, -0.2) is 0 Å². The van der Waals surface area contributed by atoms with Gasteiger partial charge in [-0.3, -0.25) is 4.79 Å². The second-order valence-corrected chi connectivity index (χ2v) is 5.41. The van der Waals surface area contributed by atoms with Crippen molar-refractivity contribution in [3.63, 3.8) is 0 Å². The van der Waals surface area contributed by atoms with Gasteiger partial charge < -0.3 is 5.73 Å². The van der Waals surface area contributed by atoms with Crippen molar-refractivity contribution in [1.29, 1.82) is 0 Å². The van der Waals surface area contributed by atoms with Crippen molar-refractivity contribution in [1.82, 2.24) is 0 Å². The summed E-state index contributed by atoms with van der Waals surface area (Å²) in [5, 5.41) is 0. The van der Waals surface area contributed by atoms with Crippen LogP contribution in [0.4, 0.5) is 0 Å². The monoisotopic (exact) mass is 231 g/mol. The van der Waals surface area contributed by atoms with E-state index in [9.17, 15) is 4.79 Å². The lowest BCUT2D eigenvalue weighted by Crippen LogP contribution is -2.25. The highest BCUT2D eigenvalue weighted by molar-refractivity contribution is 5.96. The first kappa shape index (κ1) is 12.3. The van der Waals surface area contributed by atoms with E-state index in [1.807, 2.05) is 24.3 Å². The van der Waals surface area contributed by atoms with Gasteiger partial charge in [0.2, 0.25) is 0 Å². The molecule has 0 heterocycles. The maximum atomic E-state index is 12.0. The summed E-state index contributed by atoms with van der Waals surface area (Å²) in [5.74, 6) is 1.28. The van der Waals surface area contributed by atoms with Gasteiger partial charge in [0.15, 0.2) is 5.78 Å². The molecule has 0 aliphatic heterocycles. The minimum atomic E-state index is 0.0623. The van der Waals surface area contributed by atoms with Gasteiger partial charge in [0.05, 0.1) is 0 Å². The summed E-state index contributed by atoms with van der Waals surface area (Å²) in [7, 11) is 0. The Balaban J connectivity index is 1.98. The van der Waals surface area contributed by atoms with Crippen molar-refractivity contribution in [2.24, 2.45) is 11.7 Å². The molecule has 17 heavy (non-hydrogen) atoms. The predicted molar refractivity (Wildman–Crippen MR) is 70.2 cm³/mol. The third-order valence-electron chi connectivity index (χ3n) is 3.55. The van der Waals surface area contributed by atoms with Crippen molar-refractivity contribution in [3.05, 3.63) is 35.4 Å². The Morgan fingerprint density at radius 2 is 1.88 bits per heavy atom. The number of benzene rings is 1. The number of hydrogen-bond acceptors (Lipinski definition) is 2. The average molecular weight is 231 g/mol. The predicted octanol–water partition coefficient (Wildman–Crippen LogP) is 3.12. The Hall–Kier alpha value is -1.15. The van der Waals surface area contributed by atoms with Crippen molar-refractivity contribution in [2.75, 3.05) is 0 Å². The van der Waals surface area contributed by atoms with Crippen molar-refractivity contribution < 1.29 is 4.79 Å². The SMILES string of the molecule is CC(C)c1ccc(C(=O)CC(N)C2CC2)cc1. The molecule has 1 aromatic carbocycles. The van der Waals surface area contributed by atoms with E-state index in [0.29, 0.717) is 18.3 Å². The summed E-state index contributed by atoms with van der Waals surface area (Å²) in [6.45, 7) is 4.31. The lowest BCUT2D eigenvalue weighted by molar-refractivity contribution is 0.0971. The van der Waals surface area contributed by atoms with Crippen molar-refractivity contribution in [2.45, 2.75) is 45.1 Å². The van der Waals surface area contributed by atoms with Crippen LogP contribution in [-0.2, 0) is 0 Å². The van der Waals surface area contributed by atoms with Crippen LogP contribution in [0.3, 0.4) is 0 Å². The van der Waals surface area contributed by atoms with Crippen LogP contribution in [0.25, 0.3) is 0 Å². The van der Waals surface area contributed by atoms with Gasteiger partial charge >= 0.3 is 0 Å².